The maximum atomic E-state index is 16.0. The molecule has 6 aromatic heterocycles. The van der Waals surface area contributed by atoms with Gasteiger partial charge in [0.05, 0.1) is 40.2 Å². The van der Waals surface area contributed by atoms with Crippen molar-refractivity contribution >= 4 is 33.7 Å². The van der Waals surface area contributed by atoms with Gasteiger partial charge in [-0.05, 0) is 30.2 Å². The summed E-state index contributed by atoms with van der Waals surface area (Å²) in [6.45, 7) is 3.92. The molecule has 0 atom stereocenters. The molecule has 0 aliphatic rings. The van der Waals surface area contributed by atoms with Crippen molar-refractivity contribution in [3.63, 3.8) is 0 Å². The van der Waals surface area contributed by atoms with Crippen LogP contribution in [0.3, 0.4) is 0 Å². The minimum Gasteiger partial charge on any atom is -0.335 e. The zero-order valence-corrected chi connectivity index (χ0v) is 20.5. The van der Waals surface area contributed by atoms with Crippen LogP contribution in [-0.2, 0) is 4.79 Å². The van der Waals surface area contributed by atoms with Crippen LogP contribution in [0.4, 0.5) is 10.1 Å². The molecule has 188 valence electrons. The number of aromatic nitrogens is 8. The quantitative estimate of drug-likeness (QED) is 0.284. The lowest BCUT2D eigenvalue weighted by molar-refractivity contribution is -0.116. The number of aromatic amines is 2. The maximum absolute atomic E-state index is 16.0. The Morgan fingerprint density at radius 2 is 1.95 bits per heavy atom. The average Bonchev–Trinajstić information content (AvgIpc) is 3.54. The minimum atomic E-state index is -0.586. The SMILES string of the molecule is CC(C)CC(=O)Nc1cncc(-c2ncc3[nH]nc(-c4nc5nccc(-c6ccccn6)c5[nH]4)c3c2F)c1. The summed E-state index contributed by atoms with van der Waals surface area (Å²) in [5.74, 6) is -0.160. The van der Waals surface area contributed by atoms with E-state index in [0.29, 0.717) is 45.9 Å². The van der Waals surface area contributed by atoms with Crippen LogP contribution in [0, 0.1) is 11.7 Å². The molecular formula is C27H22FN9O. The number of rotatable bonds is 6. The second-order valence-corrected chi connectivity index (χ2v) is 9.25. The first-order chi connectivity index (χ1) is 18.5. The number of nitrogens with zero attached hydrogens (tertiary/aromatic N) is 6. The summed E-state index contributed by atoms with van der Waals surface area (Å²) in [5, 5.41) is 10.2. The molecule has 38 heavy (non-hydrogen) atoms. The van der Waals surface area contributed by atoms with Gasteiger partial charge in [-0.1, -0.05) is 19.9 Å². The number of carbonyl (C=O) groups is 1. The Bertz CT molecular complexity index is 1790. The van der Waals surface area contributed by atoms with Gasteiger partial charge >= 0.3 is 0 Å². The van der Waals surface area contributed by atoms with Crippen LogP contribution in [0.5, 0.6) is 0 Å². The fourth-order valence-corrected chi connectivity index (χ4v) is 4.33. The molecule has 6 heterocycles. The molecule has 0 aliphatic carbocycles. The van der Waals surface area contributed by atoms with Crippen molar-refractivity contribution in [3.05, 3.63) is 67.1 Å². The number of fused-ring (bicyclic) bond motifs is 2. The molecule has 0 fully saturated rings. The molecule has 3 N–H and O–H groups in total. The Balaban J connectivity index is 1.42. The third-order valence-corrected chi connectivity index (χ3v) is 5.99. The van der Waals surface area contributed by atoms with Gasteiger partial charge in [-0.25, -0.2) is 14.4 Å². The lowest BCUT2D eigenvalue weighted by Gasteiger charge is -2.09. The molecule has 0 unspecified atom stereocenters. The predicted octanol–water partition coefficient (Wildman–Crippen LogP) is 5.14. The second-order valence-electron chi connectivity index (χ2n) is 9.25. The fraction of sp³-hybridized carbons (Fsp3) is 0.148. The Hall–Kier alpha value is -5.06. The van der Waals surface area contributed by atoms with E-state index in [2.05, 4.69) is 45.4 Å². The first kappa shape index (κ1) is 23.3. The molecule has 0 spiro atoms. The van der Waals surface area contributed by atoms with Gasteiger partial charge in [0, 0.05) is 36.1 Å². The number of anilines is 1. The van der Waals surface area contributed by atoms with Crippen molar-refractivity contribution in [3.8, 4) is 34.0 Å². The topological polar surface area (TPSA) is 138 Å². The van der Waals surface area contributed by atoms with E-state index in [9.17, 15) is 4.79 Å². The van der Waals surface area contributed by atoms with E-state index in [1.54, 1.807) is 18.5 Å². The summed E-state index contributed by atoms with van der Waals surface area (Å²) < 4.78 is 16.0. The molecule has 1 amide bonds. The van der Waals surface area contributed by atoms with Crippen molar-refractivity contribution in [1.82, 2.24) is 40.1 Å². The predicted molar refractivity (Wildman–Crippen MR) is 141 cm³/mol. The number of imidazole rings is 1. The highest BCUT2D eigenvalue weighted by Gasteiger charge is 2.22. The number of hydrogen-bond acceptors (Lipinski definition) is 7. The Kier molecular flexibility index (Phi) is 5.79. The van der Waals surface area contributed by atoms with Crippen molar-refractivity contribution in [2.75, 3.05) is 5.32 Å². The molecular weight excluding hydrogens is 485 g/mol. The number of carbonyl (C=O) groups excluding carboxylic acids is 1. The molecule has 6 aromatic rings. The molecule has 0 bridgehead atoms. The van der Waals surface area contributed by atoms with Crippen molar-refractivity contribution in [1.29, 1.82) is 0 Å². The second kappa shape index (κ2) is 9.43. The summed E-state index contributed by atoms with van der Waals surface area (Å²) >= 11 is 0. The van der Waals surface area contributed by atoms with Crippen LogP contribution in [0.25, 0.3) is 56.1 Å². The number of H-pyrrole nitrogens is 2. The van der Waals surface area contributed by atoms with Gasteiger partial charge < -0.3 is 10.3 Å². The zero-order valence-electron chi connectivity index (χ0n) is 20.5. The number of amides is 1. The highest BCUT2D eigenvalue weighted by molar-refractivity contribution is 5.97. The van der Waals surface area contributed by atoms with Crippen LogP contribution in [0.1, 0.15) is 20.3 Å². The van der Waals surface area contributed by atoms with Gasteiger partial charge in [0.25, 0.3) is 0 Å². The summed E-state index contributed by atoms with van der Waals surface area (Å²) in [6, 6.07) is 9.13. The number of pyridine rings is 4. The van der Waals surface area contributed by atoms with Crippen LogP contribution in [-0.4, -0.2) is 46.0 Å². The van der Waals surface area contributed by atoms with Crippen LogP contribution >= 0.6 is 0 Å². The van der Waals surface area contributed by atoms with Crippen LogP contribution in [0.2, 0.25) is 0 Å². The van der Waals surface area contributed by atoms with Crippen molar-refractivity contribution < 1.29 is 9.18 Å². The van der Waals surface area contributed by atoms with Crippen molar-refractivity contribution in [2.45, 2.75) is 20.3 Å². The Labute approximate surface area is 215 Å². The molecule has 0 aliphatic heterocycles. The lowest BCUT2D eigenvalue weighted by Crippen LogP contribution is -2.14. The first-order valence-electron chi connectivity index (χ1n) is 12.0. The van der Waals surface area contributed by atoms with Crippen molar-refractivity contribution in [2.24, 2.45) is 5.92 Å². The van der Waals surface area contributed by atoms with Gasteiger partial charge in [0.2, 0.25) is 5.91 Å². The Morgan fingerprint density at radius 1 is 1.05 bits per heavy atom. The highest BCUT2D eigenvalue weighted by Crippen LogP contribution is 2.34. The Morgan fingerprint density at radius 3 is 2.76 bits per heavy atom. The van der Waals surface area contributed by atoms with E-state index in [-0.39, 0.29) is 22.9 Å². The first-order valence-corrected chi connectivity index (χ1v) is 12.0. The van der Waals surface area contributed by atoms with E-state index >= 15 is 4.39 Å². The molecule has 0 saturated carbocycles. The van der Waals surface area contributed by atoms with E-state index in [0.717, 1.165) is 11.3 Å². The lowest BCUT2D eigenvalue weighted by atomic mass is 10.1. The van der Waals surface area contributed by atoms with Gasteiger partial charge in [0.1, 0.15) is 11.4 Å². The largest absolute Gasteiger partial charge is 0.335 e. The summed E-state index contributed by atoms with van der Waals surface area (Å²) in [6.07, 6.45) is 8.26. The maximum Gasteiger partial charge on any atom is 0.224 e. The van der Waals surface area contributed by atoms with Gasteiger partial charge in [-0.15, -0.1) is 0 Å². The normalized spacial score (nSPS) is 11.5. The molecule has 0 radical (unpaired) electrons. The third kappa shape index (κ3) is 4.23. The van der Waals surface area contributed by atoms with Crippen LogP contribution in [0.15, 0.2) is 61.3 Å². The minimum absolute atomic E-state index is 0.0796. The van der Waals surface area contributed by atoms with Crippen LogP contribution < -0.4 is 5.32 Å². The monoisotopic (exact) mass is 507 g/mol. The number of halogens is 1. The summed E-state index contributed by atoms with van der Waals surface area (Å²) in [4.78, 5) is 37.3. The van der Waals surface area contributed by atoms with E-state index < -0.39 is 5.82 Å². The van der Waals surface area contributed by atoms with Gasteiger partial charge in [-0.3, -0.25) is 24.8 Å². The summed E-state index contributed by atoms with van der Waals surface area (Å²) in [7, 11) is 0. The average molecular weight is 508 g/mol. The van der Waals surface area contributed by atoms with Gasteiger partial charge in [0.15, 0.2) is 17.3 Å². The van der Waals surface area contributed by atoms with E-state index in [1.807, 2.05) is 38.1 Å². The van der Waals surface area contributed by atoms with E-state index in [1.165, 1.54) is 18.6 Å². The number of nitrogens with one attached hydrogen (secondary N) is 3. The number of hydrogen-bond donors (Lipinski definition) is 3. The standard InChI is InChI=1S/C27H22FN9O/c1-14(2)9-20(38)33-16-10-15(11-29-12-16)23-22(28)21-19(13-32-23)36-37-25(21)27-34-24-17(6-8-31-26(24)35-27)18-5-3-4-7-30-18/h3-8,10-14H,9H2,1-2H3,(H,33,38)(H,36,37)(H,31,34,35). The highest BCUT2D eigenvalue weighted by atomic mass is 19.1. The molecule has 0 saturated heterocycles. The summed E-state index contributed by atoms with van der Waals surface area (Å²) in [5.41, 5.74) is 4.37. The fourth-order valence-electron chi connectivity index (χ4n) is 4.33. The molecule has 10 nitrogen and oxygen atoms in total. The third-order valence-electron chi connectivity index (χ3n) is 5.99. The molecule has 11 heteroatoms. The zero-order chi connectivity index (χ0) is 26.2. The molecule has 0 aromatic carbocycles. The smallest absolute Gasteiger partial charge is 0.224 e. The van der Waals surface area contributed by atoms with E-state index in [4.69, 9.17) is 0 Å². The van der Waals surface area contributed by atoms with Gasteiger partial charge in [-0.2, -0.15) is 5.10 Å². The molecule has 6 rings (SSSR count).